The second kappa shape index (κ2) is 38.3. The highest BCUT2D eigenvalue weighted by Crippen LogP contribution is 2.47. The highest BCUT2D eigenvalue weighted by Gasteiger charge is 2.51. The van der Waals surface area contributed by atoms with E-state index >= 15 is 0 Å². The zero-order valence-electron chi connectivity index (χ0n) is 38.4. The topological polar surface area (TPSA) is 210 Å². The molecule has 0 aromatic heterocycles. The van der Waals surface area contributed by atoms with E-state index in [1.807, 2.05) is 0 Å². The van der Waals surface area contributed by atoms with E-state index in [9.17, 15) is 44.6 Å². The molecule has 1 aliphatic carbocycles. The van der Waals surface area contributed by atoms with E-state index in [-0.39, 0.29) is 12.8 Å². The van der Waals surface area contributed by atoms with Gasteiger partial charge in [0.25, 0.3) is 0 Å². The Balaban J connectivity index is 2.44. The number of carbonyl (C=O) groups is 2. The zero-order chi connectivity index (χ0) is 45.7. The number of unbranched alkanes of at least 4 members (excludes halogenated alkanes) is 22. The van der Waals surface area contributed by atoms with Crippen LogP contribution in [0.15, 0.2) is 36.5 Å². The average molecular weight is 903 g/mol. The van der Waals surface area contributed by atoms with Gasteiger partial charge in [0.15, 0.2) is 6.10 Å². The number of esters is 2. The third kappa shape index (κ3) is 30.3. The van der Waals surface area contributed by atoms with Crippen LogP contribution in [0, 0.1) is 0 Å². The summed E-state index contributed by atoms with van der Waals surface area (Å²) in [7, 11) is -5.13. The van der Waals surface area contributed by atoms with Gasteiger partial charge in [-0.25, -0.2) is 4.57 Å². The number of carbonyl (C=O) groups excluding carboxylic acids is 2. The molecule has 1 aliphatic rings. The van der Waals surface area contributed by atoms with Crippen LogP contribution in [0.4, 0.5) is 0 Å². The van der Waals surface area contributed by atoms with Gasteiger partial charge in [-0.3, -0.25) is 18.6 Å². The molecule has 1 fully saturated rings. The maximum Gasteiger partial charge on any atom is 0.472 e. The van der Waals surface area contributed by atoms with Crippen molar-refractivity contribution < 1.29 is 63.1 Å². The summed E-state index contributed by atoms with van der Waals surface area (Å²) in [5.74, 6) is -1.14. The number of phosphoric acid groups is 1. The fourth-order valence-electron chi connectivity index (χ4n) is 7.29. The fourth-order valence-corrected chi connectivity index (χ4v) is 8.27. The van der Waals surface area contributed by atoms with Crippen LogP contribution in [-0.2, 0) is 32.7 Å². The number of ether oxygens (including phenoxy) is 2. The lowest BCUT2D eigenvalue weighted by Crippen LogP contribution is -2.64. The minimum Gasteiger partial charge on any atom is -0.462 e. The second-order valence-corrected chi connectivity index (χ2v) is 18.4. The summed E-state index contributed by atoms with van der Waals surface area (Å²) < 4.78 is 33.5. The number of aliphatic hydroxyl groups is 5. The minimum atomic E-state index is -5.13. The highest BCUT2D eigenvalue weighted by atomic mass is 31.2. The Labute approximate surface area is 374 Å². The monoisotopic (exact) mass is 903 g/mol. The smallest absolute Gasteiger partial charge is 0.462 e. The molecular weight excluding hydrogens is 815 g/mol. The molecule has 0 saturated heterocycles. The first-order valence-electron chi connectivity index (χ1n) is 24.3. The SMILES string of the molecule is CCCCC/C=C\C/C=C\C/C=C\CCCCC(=O)O[C@H](COC(=O)CCCCCCCCCCCCCCCCCCCC)COP(=O)(O)OC1C(O)C(O)C(O)[C@@H](O)C1O. The van der Waals surface area contributed by atoms with Gasteiger partial charge in [0.05, 0.1) is 6.61 Å². The number of aliphatic hydroxyl groups excluding tert-OH is 5. The first kappa shape index (κ1) is 58.1. The Morgan fingerprint density at radius 1 is 0.500 bits per heavy atom. The molecule has 0 radical (unpaired) electrons. The number of hydrogen-bond acceptors (Lipinski definition) is 12. The Morgan fingerprint density at radius 2 is 0.871 bits per heavy atom. The van der Waals surface area contributed by atoms with Crippen molar-refractivity contribution in [2.45, 2.75) is 243 Å². The molecule has 362 valence electrons. The largest absolute Gasteiger partial charge is 0.472 e. The van der Waals surface area contributed by atoms with Crippen molar-refractivity contribution >= 4 is 19.8 Å². The summed E-state index contributed by atoms with van der Waals surface area (Å²) in [6.45, 7) is 3.25. The predicted octanol–water partition coefficient (Wildman–Crippen LogP) is 9.78. The lowest BCUT2D eigenvalue weighted by molar-refractivity contribution is -0.220. The van der Waals surface area contributed by atoms with Gasteiger partial charge in [-0.1, -0.05) is 172 Å². The van der Waals surface area contributed by atoms with E-state index < -0.39 is 75.7 Å². The lowest BCUT2D eigenvalue weighted by Gasteiger charge is -2.41. The molecule has 6 unspecified atom stereocenters. The molecule has 0 amide bonds. The standard InChI is InChI=1S/C48H87O13P/c1-3-5-7-9-11-13-15-17-19-20-21-23-24-26-28-30-32-34-36-41(49)58-38-40(39-59-62(56,57)61-48-46(54)44(52)43(51)45(53)47(48)55)60-42(50)37-35-33-31-29-27-25-22-18-16-14-12-10-8-6-4-2/h12,14,18,22,27,29,40,43-48,51-55H,3-11,13,15-17,19-21,23-26,28,30-39H2,1-2H3,(H,56,57)/b14-12-,22-18-,29-27-/t40-,43?,44-,45?,46?,47?,48?/m1/s1. The molecule has 6 N–H and O–H groups in total. The normalized spacial score (nSPS) is 22.1. The molecule has 0 heterocycles. The lowest BCUT2D eigenvalue weighted by atomic mass is 9.85. The van der Waals surface area contributed by atoms with E-state index in [4.69, 9.17) is 18.5 Å². The van der Waals surface area contributed by atoms with Gasteiger partial charge in [-0.2, -0.15) is 0 Å². The first-order chi connectivity index (χ1) is 29.9. The van der Waals surface area contributed by atoms with Crippen LogP contribution >= 0.6 is 7.82 Å². The molecule has 0 spiro atoms. The quantitative estimate of drug-likeness (QED) is 0.0147. The van der Waals surface area contributed by atoms with Gasteiger partial charge in [-0.15, -0.1) is 0 Å². The summed E-state index contributed by atoms with van der Waals surface area (Å²) in [6.07, 6.45) is 30.6. The predicted molar refractivity (Wildman–Crippen MR) is 244 cm³/mol. The van der Waals surface area contributed by atoms with E-state index in [0.29, 0.717) is 12.8 Å². The number of hydrogen-bond donors (Lipinski definition) is 6. The third-order valence-corrected chi connectivity index (χ3v) is 12.2. The van der Waals surface area contributed by atoms with Crippen molar-refractivity contribution in [2.24, 2.45) is 0 Å². The van der Waals surface area contributed by atoms with E-state index in [2.05, 4.69) is 50.3 Å². The second-order valence-electron chi connectivity index (χ2n) is 17.0. The third-order valence-electron chi connectivity index (χ3n) is 11.2. The molecular formula is C48H87O13P. The van der Waals surface area contributed by atoms with Crippen LogP contribution in [0.2, 0.25) is 0 Å². The van der Waals surface area contributed by atoms with Crippen LogP contribution in [0.5, 0.6) is 0 Å². The van der Waals surface area contributed by atoms with Crippen molar-refractivity contribution in [3.05, 3.63) is 36.5 Å². The Kier molecular flexibility index (Phi) is 35.9. The zero-order valence-corrected chi connectivity index (χ0v) is 39.3. The van der Waals surface area contributed by atoms with Crippen LogP contribution in [0.25, 0.3) is 0 Å². The van der Waals surface area contributed by atoms with Crippen LogP contribution in [0.1, 0.15) is 200 Å². The first-order valence-corrected chi connectivity index (χ1v) is 25.8. The van der Waals surface area contributed by atoms with Gasteiger partial charge in [0.2, 0.25) is 0 Å². The van der Waals surface area contributed by atoms with Gasteiger partial charge in [-0.05, 0) is 51.4 Å². The fraction of sp³-hybridized carbons (Fsp3) is 0.833. The Morgan fingerprint density at radius 3 is 1.35 bits per heavy atom. The van der Waals surface area contributed by atoms with Crippen molar-refractivity contribution in [3.8, 4) is 0 Å². The molecule has 0 aromatic rings. The summed E-state index contributed by atoms with van der Waals surface area (Å²) in [4.78, 5) is 35.7. The van der Waals surface area contributed by atoms with Gasteiger partial charge in [0.1, 0.15) is 43.2 Å². The molecule has 62 heavy (non-hydrogen) atoms. The van der Waals surface area contributed by atoms with E-state index in [0.717, 1.165) is 51.4 Å². The summed E-state index contributed by atoms with van der Waals surface area (Å²) in [6, 6.07) is 0. The van der Waals surface area contributed by atoms with Crippen molar-refractivity contribution in [2.75, 3.05) is 13.2 Å². The summed E-state index contributed by atoms with van der Waals surface area (Å²) in [5.41, 5.74) is 0. The molecule has 13 nitrogen and oxygen atoms in total. The molecule has 0 bridgehead atoms. The minimum absolute atomic E-state index is 0.0495. The summed E-state index contributed by atoms with van der Waals surface area (Å²) in [5, 5.41) is 50.2. The highest BCUT2D eigenvalue weighted by molar-refractivity contribution is 7.47. The van der Waals surface area contributed by atoms with Gasteiger partial charge >= 0.3 is 19.8 Å². The molecule has 8 atom stereocenters. The van der Waals surface area contributed by atoms with E-state index in [1.165, 1.54) is 109 Å². The maximum absolute atomic E-state index is 12.8. The Hall–Kier alpha value is -1.93. The van der Waals surface area contributed by atoms with Crippen LogP contribution in [-0.4, -0.2) is 98.3 Å². The molecule has 1 rings (SSSR count). The van der Waals surface area contributed by atoms with E-state index in [1.54, 1.807) is 0 Å². The number of phosphoric ester groups is 1. The van der Waals surface area contributed by atoms with Gasteiger partial charge < -0.3 is 39.9 Å². The van der Waals surface area contributed by atoms with Crippen molar-refractivity contribution in [1.29, 1.82) is 0 Å². The van der Waals surface area contributed by atoms with Crippen molar-refractivity contribution in [1.82, 2.24) is 0 Å². The number of rotatable bonds is 40. The van der Waals surface area contributed by atoms with Crippen molar-refractivity contribution in [3.63, 3.8) is 0 Å². The van der Waals surface area contributed by atoms with Crippen LogP contribution in [0.3, 0.4) is 0 Å². The summed E-state index contributed by atoms with van der Waals surface area (Å²) >= 11 is 0. The molecule has 14 heteroatoms. The maximum atomic E-state index is 12.8. The Bertz CT molecular complexity index is 1230. The molecule has 1 saturated carbocycles. The van der Waals surface area contributed by atoms with Crippen LogP contribution < -0.4 is 0 Å². The molecule has 0 aliphatic heterocycles. The average Bonchev–Trinajstić information content (AvgIpc) is 3.25. The van der Waals surface area contributed by atoms with Gasteiger partial charge in [0, 0.05) is 12.8 Å². The number of allylic oxidation sites excluding steroid dienone is 6. The molecule has 0 aromatic carbocycles.